The number of carbonyl (C=O) groups is 1. The second kappa shape index (κ2) is 7.19. The van der Waals surface area contributed by atoms with E-state index in [1.165, 1.54) is 16.2 Å². The van der Waals surface area contributed by atoms with Gasteiger partial charge in [0.2, 0.25) is 5.95 Å². The zero-order chi connectivity index (χ0) is 19.0. The summed E-state index contributed by atoms with van der Waals surface area (Å²) in [6, 6.07) is 7.52. The molecule has 1 aliphatic rings. The minimum Gasteiger partial charge on any atom is -0.346 e. The number of rotatable bonds is 4. The van der Waals surface area contributed by atoms with E-state index in [4.69, 9.17) is 0 Å². The zero-order valence-electron chi connectivity index (χ0n) is 15.1. The van der Waals surface area contributed by atoms with Gasteiger partial charge in [0.1, 0.15) is 6.17 Å². The SMILES string of the molecule is Cc1cc2nc(N[C@@H](C)c3ccccn3)nc(C(=O)N3CC[C@@H](F)C3)c2s1. The molecule has 1 amide bonds. The van der Waals surface area contributed by atoms with Gasteiger partial charge in [-0.2, -0.15) is 0 Å². The Hall–Kier alpha value is -2.61. The van der Waals surface area contributed by atoms with E-state index >= 15 is 0 Å². The van der Waals surface area contributed by atoms with Crippen molar-refractivity contribution < 1.29 is 9.18 Å². The van der Waals surface area contributed by atoms with Crippen molar-refractivity contribution in [2.45, 2.75) is 32.5 Å². The number of pyridine rings is 1. The number of alkyl halides is 1. The van der Waals surface area contributed by atoms with Crippen LogP contribution in [0.5, 0.6) is 0 Å². The average Bonchev–Trinajstić information content (AvgIpc) is 3.26. The van der Waals surface area contributed by atoms with Gasteiger partial charge in [0.05, 0.1) is 28.5 Å². The third-order valence-electron chi connectivity index (χ3n) is 4.59. The number of likely N-dealkylation sites (tertiary alicyclic amines) is 1. The average molecular weight is 385 g/mol. The fraction of sp³-hybridized carbons (Fsp3) is 0.368. The summed E-state index contributed by atoms with van der Waals surface area (Å²) in [5.74, 6) is 0.135. The van der Waals surface area contributed by atoms with Crippen molar-refractivity contribution in [1.82, 2.24) is 19.9 Å². The van der Waals surface area contributed by atoms with Crippen LogP contribution < -0.4 is 5.32 Å². The van der Waals surface area contributed by atoms with Crippen LogP contribution in [-0.4, -0.2) is 45.0 Å². The first kappa shape index (κ1) is 17.8. The van der Waals surface area contributed by atoms with E-state index in [9.17, 15) is 9.18 Å². The van der Waals surface area contributed by atoms with Crippen LogP contribution in [0.3, 0.4) is 0 Å². The van der Waals surface area contributed by atoms with Gasteiger partial charge in [0.25, 0.3) is 5.91 Å². The van der Waals surface area contributed by atoms with Crippen molar-refractivity contribution in [2.24, 2.45) is 0 Å². The number of halogens is 1. The molecule has 4 rings (SSSR count). The molecule has 1 saturated heterocycles. The van der Waals surface area contributed by atoms with Crippen molar-refractivity contribution in [3.8, 4) is 0 Å². The number of hydrogen-bond donors (Lipinski definition) is 1. The van der Waals surface area contributed by atoms with Gasteiger partial charge in [0.15, 0.2) is 5.69 Å². The van der Waals surface area contributed by atoms with E-state index < -0.39 is 6.17 Å². The van der Waals surface area contributed by atoms with Crippen LogP contribution in [0.2, 0.25) is 0 Å². The minimum absolute atomic E-state index is 0.117. The van der Waals surface area contributed by atoms with Crippen LogP contribution >= 0.6 is 11.3 Å². The molecule has 3 aromatic rings. The van der Waals surface area contributed by atoms with Crippen molar-refractivity contribution in [3.05, 3.63) is 46.7 Å². The highest BCUT2D eigenvalue weighted by molar-refractivity contribution is 7.19. The molecule has 1 aliphatic heterocycles. The molecule has 27 heavy (non-hydrogen) atoms. The topological polar surface area (TPSA) is 71.0 Å². The number of aryl methyl sites for hydroxylation is 1. The summed E-state index contributed by atoms with van der Waals surface area (Å²) in [6.45, 7) is 4.48. The lowest BCUT2D eigenvalue weighted by Crippen LogP contribution is -2.30. The Morgan fingerprint density at radius 2 is 2.26 bits per heavy atom. The molecule has 0 saturated carbocycles. The van der Waals surface area contributed by atoms with Crippen molar-refractivity contribution >= 4 is 33.4 Å². The molecule has 0 spiro atoms. The monoisotopic (exact) mass is 385 g/mol. The first-order valence-electron chi connectivity index (χ1n) is 8.90. The number of carbonyl (C=O) groups excluding carboxylic acids is 1. The quantitative estimate of drug-likeness (QED) is 0.741. The van der Waals surface area contributed by atoms with E-state index in [1.54, 1.807) is 6.20 Å². The lowest BCUT2D eigenvalue weighted by atomic mass is 10.2. The third-order valence-corrected chi connectivity index (χ3v) is 5.64. The highest BCUT2D eigenvalue weighted by atomic mass is 32.1. The minimum atomic E-state index is -0.960. The molecule has 140 valence electrons. The highest BCUT2D eigenvalue weighted by Gasteiger charge is 2.29. The molecule has 4 heterocycles. The first-order valence-corrected chi connectivity index (χ1v) is 9.72. The molecule has 2 atom stereocenters. The molecule has 1 fully saturated rings. The fourth-order valence-electron chi connectivity index (χ4n) is 3.21. The standard InChI is InChI=1S/C19H20FN5OS/c1-11-9-15-17(27-11)16(18(26)25-8-6-13(20)10-25)24-19(23-15)22-12(2)14-5-3-4-7-21-14/h3-5,7,9,12-13H,6,8,10H2,1-2H3,(H,22,23,24)/t12-,13+/m0/s1. The second-order valence-electron chi connectivity index (χ2n) is 6.72. The van der Waals surface area contributed by atoms with E-state index in [0.29, 0.717) is 24.6 Å². The van der Waals surface area contributed by atoms with Crippen molar-refractivity contribution in [3.63, 3.8) is 0 Å². The van der Waals surface area contributed by atoms with Crippen LogP contribution in [0.15, 0.2) is 30.5 Å². The number of hydrogen-bond acceptors (Lipinski definition) is 6. The van der Waals surface area contributed by atoms with Gasteiger partial charge < -0.3 is 10.2 Å². The maximum Gasteiger partial charge on any atom is 0.274 e. The molecule has 3 aromatic heterocycles. The summed E-state index contributed by atoms with van der Waals surface area (Å²) < 4.78 is 14.3. The number of fused-ring (bicyclic) bond motifs is 1. The van der Waals surface area contributed by atoms with Gasteiger partial charge in [-0.15, -0.1) is 11.3 Å². The van der Waals surface area contributed by atoms with Gasteiger partial charge in [-0.3, -0.25) is 9.78 Å². The lowest BCUT2D eigenvalue weighted by molar-refractivity contribution is 0.0779. The van der Waals surface area contributed by atoms with Gasteiger partial charge in [-0.1, -0.05) is 6.07 Å². The Kier molecular flexibility index (Phi) is 4.73. The Balaban J connectivity index is 1.69. The summed E-state index contributed by atoms with van der Waals surface area (Å²) in [5.41, 5.74) is 1.92. The smallest absolute Gasteiger partial charge is 0.274 e. The van der Waals surface area contributed by atoms with Crippen LogP contribution in [0.25, 0.3) is 10.2 Å². The molecule has 1 N–H and O–H groups in total. The normalized spacial score (nSPS) is 18.0. The zero-order valence-corrected chi connectivity index (χ0v) is 16.0. The van der Waals surface area contributed by atoms with E-state index in [2.05, 4.69) is 20.3 Å². The van der Waals surface area contributed by atoms with Crippen LogP contribution in [0.1, 0.15) is 40.4 Å². The highest BCUT2D eigenvalue weighted by Crippen LogP contribution is 2.29. The number of nitrogens with one attached hydrogen (secondary N) is 1. The van der Waals surface area contributed by atoms with Gasteiger partial charge in [0, 0.05) is 17.6 Å². The van der Waals surface area contributed by atoms with Crippen LogP contribution in [0.4, 0.5) is 10.3 Å². The third kappa shape index (κ3) is 3.62. The summed E-state index contributed by atoms with van der Waals surface area (Å²) in [6.07, 6.45) is 1.15. The van der Waals surface area contributed by atoms with Gasteiger partial charge in [-0.25, -0.2) is 14.4 Å². The largest absolute Gasteiger partial charge is 0.346 e. The number of aromatic nitrogens is 3. The Bertz CT molecular complexity index is 977. The molecular formula is C19H20FN5OS. The Morgan fingerprint density at radius 1 is 1.41 bits per heavy atom. The number of amides is 1. The number of anilines is 1. The molecule has 0 radical (unpaired) electrons. The van der Waals surface area contributed by atoms with Crippen molar-refractivity contribution in [2.75, 3.05) is 18.4 Å². The molecule has 0 aromatic carbocycles. The maximum absolute atomic E-state index is 13.6. The van der Waals surface area contributed by atoms with Crippen LogP contribution in [0, 0.1) is 6.92 Å². The fourth-order valence-corrected chi connectivity index (χ4v) is 4.14. The predicted molar refractivity (Wildman–Crippen MR) is 104 cm³/mol. The summed E-state index contributed by atoms with van der Waals surface area (Å²) >= 11 is 1.48. The van der Waals surface area contributed by atoms with Gasteiger partial charge >= 0.3 is 0 Å². The van der Waals surface area contributed by atoms with E-state index in [0.717, 1.165) is 20.8 Å². The van der Waals surface area contributed by atoms with E-state index in [-0.39, 0.29) is 18.5 Å². The summed E-state index contributed by atoms with van der Waals surface area (Å²) in [5, 5.41) is 3.23. The summed E-state index contributed by atoms with van der Waals surface area (Å²) in [4.78, 5) is 28.9. The number of thiophene rings is 1. The maximum atomic E-state index is 13.6. The molecule has 8 heteroatoms. The Morgan fingerprint density at radius 3 is 2.96 bits per heavy atom. The van der Waals surface area contributed by atoms with E-state index in [1.807, 2.05) is 38.1 Å². The first-order chi connectivity index (χ1) is 13.0. The van der Waals surface area contributed by atoms with Crippen LogP contribution in [-0.2, 0) is 0 Å². The molecule has 6 nitrogen and oxygen atoms in total. The Labute approximate surface area is 160 Å². The predicted octanol–water partition coefficient (Wildman–Crippen LogP) is 3.75. The van der Waals surface area contributed by atoms with Crippen molar-refractivity contribution in [1.29, 1.82) is 0 Å². The molecule has 0 unspecified atom stereocenters. The number of nitrogens with zero attached hydrogens (tertiary/aromatic N) is 4. The molecule has 0 bridgehead atoms. The van der Waals surface area contributed by atoms with Gasteiger partial charge in [-0.05, 0) is 38.5 Å². The molecular weight excluding hydrogens is 365 g/mol. The summed E-state index contributed by atoms with van der Waals surface area (Å²) in [7, 11) is 0. The molecule has 0 aliphatic carbocycles. The lowest BCUT2D eigenvalue weighted by Gasteiger charge is -2.17. The second-order valence-corrected chi connectivity index (χ2v) is 7.98.